The van der Waals surface area contributed by atoms with E-state index in [0.717, 1.165) is 25.7 Å². The largest absolute Gasteiger partial charge is 0.299 e. The van der Waals surface area contributed by atoms with Gasteiger partial charge in [-0.1, -0.05) is 12.5 Å². The molecule has 1 fully saturated rings. The molecule has 3 nitrogen and oxygen atoms in total. The van der Waals surface area contributed by atoms with Crippen LogP contribution in [-0.4, -0.2) is 23.5 Å². The molecular formula is C16H23N3. The summed E-state index contributed by atoms with van der Waals surface area (Å²) in [5.41, 5.74) is 2.54. The van der Waals surface area contributed by atoms with Gasteiger partial charge in [-0.25, -0.2) is 0 Å². The molecule has 2 heterocycles. The molecule has 0 radical (unpaired) electrons. The lowest BCUT2D eigenvalue weighted by atomic mass is 10.1. The second kappa shape index (κ2) is 7.25. The van der Waals surface area contributed by atoms with Crippen LogP contribution in [0.2, 0.25) is 0 Å². The van der Waals surface area contributed by atoms with E-state index in [4.69, 9.17) is 5.26 Å². The molecule has 1 unspecified atom stereocenters. The molecule has 0 saturated carbocycles. The number of pyridine rings is 1. The second-order valence-electron chi connectivity index (χ2n) is 5.44. The first-order chi connectivity index (χ1) is 9.31. The summed E-state index contributed by atoms with van der Waals surface area (Å²) in [7, 11) is 2.20. The zero-order valence-electron chi connectivity index (χ0n) is 11.8. The van der Waals surface area contributed by atoms with Gasteiger partial charge in [0.05, 0.1) is 6.07 Å². The molecule has 0 bridgehead atoms. The van der Waals surface area contributed by atoms with Crippen LogP contribution in [-0.2, 0) is 6.42 Å². The van der Waals surface area contributed by atoms with Crippen LogP contribution < -0.4 is 0 Å². The summed E-state index contributed by atoms with van der Waals surface area (Å²) >= 11 is 0. The maximum Gasteiger partial charge on any atom is 0.0621 e. The van der Waals surface area contributed by atoms with Crippen molar-refractivity contribution in [1.82, 2.24) is 9.88 Å². The lowest BCUT2D eigenvalue weighted by Gasteiger charge is -2.19. The highest BCUT2D eigenvalue weighted by molar-refractivity contribution is 5.19. The van der Waals surface area contributed by atoms with Gasteiger partial charge in [-0.2, -0.15) is 5.26 Å². The number of aryl methyl sites for hydroxylation is 1. The highest BCUT2D eigenvalue weighted by atomic mass is 15.1. The third kappa shape index (κ3) is 4.04. The quantitative estimate of drug-likeness (QED) is 0.732. The fourth-order valence-corrected chi connectivity index (χ4v) is 2.80. The highest BCUT2D eigenvalue weighted by Crippen LogP contribution is 2.29. The summed E-state index contributed by atoms with van der Waals surface area (Å²) in [5.74, 6) is 0. The van der Waals surface area contributed by atoms with Crippen molar-refractivity contribution in [3.63, 3.8) is 0 Å². The average molecular weight is 257 g/mol. The number of unbranched alkanes of at least 4 members (excludes halogenated alkanes) is 3. The minimum Gasteiger partial charge on any atom is -0.299 e. The normalized spacial score (nSPS) is 19.5. The van der Waals surface area contributed by atoms with Crippen LogP contribution in [0.25, 0.3) is 0 Å². The molecule has 102 valence electrons. The van der Waals surface area contributed by atoms with Gasteiger partial charge in [0.2, 0.25) is 0 Å². The topological polar surface area (TPSA) is 39.9 Å². The molecule has 1 saturated heterocycles. The smallest absolute Gasteiger partial charge is 0.0621 e. The molecule has 19 heavy (non-hydrogen) atoms. The molecule has 1 aliphatic rings. The van der Waals surface area contributed by atoms with E-state index >= 15 is 0 Å². The van der Waals surface area contributed by atoms with Gasteiger partial charge in [0, 0.05) is 24.4 Å². The van der Waals surface area contributed by atoms with Crippen molar-refractivity contribution in [3.05, 3.63) is 29.6 Å². The Morgan fingerprint density at radius 3 is 2.89 bits per heavy atom. The zero-order valence-corrected chi connectivity index (χ0v) is 11.8. The summed E-state index contributed by atoms with van der Waals surface area (Å²) in [5, 5.41) is 8.47. The van der Waals surface area contributed by atoms with Crippen LogP contribution in [0.5, 0.6) is 0 Å². The standard InChI is InChI=1S/C16H23N3/c1-19-12-6-8-16(19)14-9-10-15(18-13-14)7-4-2-3-5-11-17/h9-10,13,16H,2-8,12H2,1H3. The van der Waals surface area contributed by atoms with Crippen LogP contribution >= 0.6 is 0 Å². The van der Waals surface area contributed by atoms with E-state index in [1.807, 2.05) is 0 Å². The maximum atomic E-state index is 8.47. The van der Waals surface area contributed by atoms with E-state index in [9.17, 15) is 0 Å². The van der Waals surface area contributed by atoms with Gasteiger partial charge >= 0.3 is 0 Å². The van der Waals surface area contributed by atoms with Gasteiger partial charge in [-0.3, -0.25) is 9.88 Å². The van der Waals surface area contributed by atoms with E-state index in [0.29, 0.717) is 12.5 Å². The fourth-order valence-electron chi connectivity index (χ4n) is 2.80. The fraction of sp³-hybridized carbons (Fsp3) is 0.625. The van der Waals surface area contributed by atoms with Crippen molar-refractivity contribution in [1.29, 1.82) is 5.26 Å². The molecule has 1 aliphatic heterocycles. The van der Waals surface area contributed by atoms with Gasteiger partial charge in [-0.05, 0) is 57.3 Å². The Bertz CT molecular complexity index is 419. The molecule has 0 amide bonds. The highest BCUT2D eigenvalue weighted by Gasteiger charge is 2.22. The van der Waals surface area contributed by atoms with Gasteiger partial charge in [0.15, 0.2) is 0 Å². The number of aromatic nitrogens is 1. The minimum absolute atomic E-state index is 0.567. The van der Waals surface area contributed by atoms with Crippen molar-refractivity contribution in [2.75, 3.05) is 13.6 Å². The van der Waals surface area contributed by atoms with Crippen LogP contribution in [0.3, 0.4) is 0 Å². The van der Waals surface area contributed by atoms with Crippen LogP contribution in [0.1, 0.15) is 55.8 Å². The number of hydrogen-bond acceptors (Lipinski definition) is 3. The molecule has 1 aromatic heterocycles. The van der Waals surface area contributed by atoms with E-state index < -0.39 is 0 Å². The molecule has 0 aliphatic carbocycles. The van der Waals surface area contributed by atoms with Crippen molar-refractivity contribution in [2.24, 2.45) is 0 Å². The second-order valence-corrected chi connectivity index (χ2v) is 5.44. The number of rotatable bonds is 6. The van der Waals surface area contributed by atoms with Crippen LogP contribution in [0.15, 0.2) is 18.3 Å². The maximum absolute atomic E-state index is 8.47. The summed E-state index contributed by atoms with van der Waals surface area (Å²) < 4.78 is 0. The Morgan fingerprint density at radius 1 is 1.37 bits per heavy atom. The van der Waals surface area contributed by atoms with Gasteiger partial charge in [0.25, 0.3) is 0 Å². The van der Waals surface area contributed by atoms with Crippen molar-refractivity contribution >= 4 is 0 Å². The molecule has 0 spiro atoms. The van der Waals surface area contributed by atoms with Gasteiger partial charge < -0.3 is 0 Å². The van der Waals surface area contributed by atoms with Gasteiger partial charge in [0.1, 0.15) is 0 Å². The average Bonchev–Trinajstić information content (AvgIpc) is 2.86. The zero-order chi connectivity index (χ0) is 13.5. The molecule has 0 N–H and O–H groups in total. The number of nitriles is 1. The van der Waals surface area contributed by atoms with Crippen molar-refractivity contribution < 1.29 is 0 Å². The third-order valence-corrected chi connectivity index (χ3v) is 3.97. The number of likely N-dealkylation sites (tertiary alicyclic amines) is 1. The Balaban J connectivity index is 1.80. The van der Waals surface area contributed by atoms with E-state index in [2.05, 4.69) is 41.3 Å². The van der Waals surface area contributed by atoms with Gasteiger partial charge in [-0.15, -0.1) is 0 Å². The summed E-state index contributed by atoms with van der Waals surface area (Å²) in [4.78, 5) is 7.00. The molecule has 3 heteroatoms. The van der Waals surface area contributed by atoms with Crippen LogP contribution in [0, 0.1) is 11.3 Å². The Morgan fingerprint density at radius 2 is 2.26 bits per heavy atom. The molecule has 2 rings (SSSR count). The number of nitrogens with zero attached hydrogens (tertiary/aromatic N) is 3. The third-order valence-electron chi connectivity index (χ3n) is 3.97. The SMILES string of the molecule is CN1CCCC1c1ccc(CCCCCC#N)nc1. The number of hydrogen-bond donors (Lipinski definition) is 0. The molecular weight excluding hydrogens is 234 g/mol. The Labute approximate surface area is 116 Å². The molecule has 1 aromatic rings. The Kier molecular flexibility index (Phi) is 5.35. The van der Waals surface area contributed by atoms with E-state index in [1.165, 1.54) is 30.6 Å². The van der Waals surface area contributed by atoms with E-state index in [1.54, 1.807) is 0 Å². The van der Waals surface area contributed by atoms with Crippen molar-refractivity contribution in [2.45, 2.75) is 51.0 Å². The Hall–Kier alpha value is -1.40. The summed E-state index contributed by atoms with van der Waals surface area (Å²) in [6.45, 7) is 1.20. The predicted molar refractivity (Wildman–Crippen MR) is 76.6 cm³/mol. The lowest BCUT2D eigenvalue weighted by Crippen LogP contribution is -2.17. The summed E-state index contributed by atoms with van der Waals surface area (Å²) in [6.07, 6.45) is 9.60. The molecule has 1 atom stereocenters. The first kappa shape index (κ1) is 14.0. The van der Waals surface area contributed by atoms with Crippen LogP contribution in [0.4, 0.5) is 0 Å². The first-order valence-corrected chi connectivity index (χ1v) is 7.33. The minimum atomic E-state index is 0.567. The lowest BCUT2D eigenvalue weighted by molar-refractivity contribution is 0.317. The monoisotopic (exact) mass is 257 g/mol. The summed E-state index contributed by atoms with van der Waals surface area (Å²) in [6, 6.07) is 7.17. The van der Waals surface area contributed by atoms with Crippen molar-refractivity contribution in [3.8, 4) is 6.07 Å². The van der Waals surface area contributed by atoms with E-state index in [-0.39, 0.29) is 0 Å². The predicted octanol–water partition coefficient (Wildman–Crippen LogP) is 3.47. The molecule has 0 aromatic carbocycles. The first-order valence-electron chi connectivity index (χ1n) is 7.33.